The van der Waals surface area contributed by atoms with E-state index >= 15 is 0 Å². The highest BCUT2D eigenvalue weighted by atomic mass is 15.3. The van der Waals surface area contributed by atoms with E-state index < -0.39 is 0 Å². The van der Waals surface area contributed by atoms with Gasteiger partial charge in [0.2, 0.25) is 0 Å². The first-order valence-electron chi connectivity index (χ1n) is 7.17. The maximum absolute atomic E-state index is 5.90. The van der Waals surface area contributed by atoms with Crippen molar-refractivity contribution >= 4 is 0 Å². The van der Waals surface area contributed by atoms with E-state index in [4.69, 9.17) is 10.8 Å². The predicted molar refractivity (Wildman–Crippen MR) is 77.6 cm³/mol. The van der Waals surface area contributed by atoms with Gasteiger partial charge in [-0.3, -0.25) is 4.68 Å². The van der Waals surface area contributed by atoms with Crippen molar-refractivity contribution in [2.45, 2.75) is 72.4 Å². The van der Waals surface area contributed by atoms with Crippen LogP contribution in [0.1, 0.15) is 65.6 Å². The second kappa shape index (κ2) is 6.37. The molecule has 0 saturated carbocycles. The predicted octanol–water partition coefficient (Wildman–Crippen LogP) is 3.55. The van der Waals surface area contributed by atoms with E-state index in [0.29, 0.717) is 6.04 Å². The SMILES string of the molecule is CCC(CC)n1ccc(CC(C)(C)CC(C)N)n1. The van der Waals surface area contributed by atoms with Crippen molar-refractivity contribution in [1.29, 1.82) is 0 Å². The molecule has 0 spiro atoms. The van der Waals surface area contributed by atoms with E-state index in [-0.39, 0.29) is 11.5 Å². The van der Waals surface area contributed by atoms with Crippen LogP contribution in [-0.2, 0) is 6.42 Å². The molecule has 1 heterocycles. The summed E-state index contributed by atoms with van der Waals surface area (Å²) in [5.41, 5.74) is 7.31. The summed E-state index contributed by atoms with van der Waals surface area (Å²) in [6.45, 7) is 11.1. The number of hydrogen-bond donors (Lipinski definition) is 1. The van der Waals surface area contributed by atoms with E-state index in [0.717, 1.165) is 25.7 Å². The Bertz CT molecular complexity index is 348. The lowest BCUT2D eigenvalue weighted by Crippen LogP contribution is -2.26. The van der Waals surface area contributed by atoms with E-state index in [1.54, 1.807) is 0 Å². The summed E-state index contributed by atoms with van der Waals surface area (Å²) in [6, 6.07) is 2.94. The van der Waals surface area contributed by atoms with E-state index in [9.17, 15) is 0 Å². The molecule has 1 unspecified atom stereocenters. The van der Waals surface area contributed by atoms with Crippen molar-refractivity contribution in [2.75, 3.05) is 0 Å². The van der Waals surface area contributed by atoms with Crippen LogP contribution in [0.2, 0.25) is 0 Å². The minimum absolute atomic E-state index is 0.223. The van der Waals surface area contributed by atoms with Crippen LogP contribution in [0.25, 0.3) is 0 Å². The topological polar surface area (TPSA) is 43.8 Å². The molecule has 0 saturated heterocycles. The molecule has 1 aromatic rings. The average molecular weight is 251 g/mol. The molecule has 0 radical (unpaired) electrons. The van der Waals surface area contributed by atoms with Crippen LogP contribution in [0.15, 0.2) is 12.3 Å². The van der Waals surface area contributed by atoms with E-state index in [1.165, 1.54) is 5.69 Å². The number of nitrogens with two attached hydrogens (primary N) is 1. The Labute approximate surface area is 112 Å². The van der Waals surface area contributed by atoms with Crippen molar-refractivity contribution in [2.24, 2.45) is 11.1 Å². The monoisotopic (exact) mass is 251 g/mol. The Balaban J connectivity index is 2.69. The zero-order valence-corrected chi connectivity index (χ0v) is 12.6. The van der Waals surface area contributed by atoms with Gasteiger partial charge in [-0.15, -0.1) is 0 Å². The number of aromatic nitrogens is 2. The van der Waals surface area contributed by atoms with Crippen molar-refractivity contribution in [3.05, 3.63) is 18.0 Å². The summed E-state index contributed by atoms with van der Waals surface area (Å²) in [7, 11) is 0. The van der Waals surface area contributed by atoms with Crippen LogP contribution in [0, 0.1) is 5.41 Å². The summed E-state index contributed by atoms with van der Waals surface area (Å²) in [4.78, 5) is 0. The van der Waals surface area contributed by atoms with Crippen molar-refractivity contribution < 1.29 is 0 Å². The van der Waals surface area contributed by atoms with Crippen molar-refractivity contribution in [3.8, 4) is 0 Å². The van der Waals surface area contributed by atoms with Crippen molar-refractivity contribution in [3.63, 3.8) is 0 Å². The highest BCUT2D eigenvalue weighted by molar-refractivity contribution is 5.03. The van der Waals surface area contributed by atoms with Gasteiger partial charge in [0.1, 0.15) is 0 Å². The number of hydrogen-bond acceptors (Lipinski definition) is 2. The number of nitrogens with zero attached hydrogens (tertiary/aromatic N) is 2. The third-order valence-corrected chi connectivity index (χ3v) is 3.51. The highest BCUT2D eigenvalue weighted by Gasteiger charge is 2.21. The fourth-order valence-corrected chi connectivity index (χ4v) is 2.77. The molecule has 0 aliphatic heterocycles. The van der Waals surface area contributed by atoms with E-state index in [1.807, 2.05) is 0 Å². The Hall–Kier alpha value is -0.830. The summed E-state index contributed by atoms with van der Waals surface area (Å²) < 4.78 is 2.12. The molecule has 1 atom stereocenters. The Kier molecular flexibility index (Phi) is 5.39. The van der Waals surface area contributed by atoms with Crippen LogP contribution < -0.4 is 5.73 Å². The summed E-state index contributed by atoms with van der Waals surface area (Å²) in [5.74, 6) is 0. The summed E-state index contributed by atoms with van der Waals surface area (Å²) >= 11 is 0. The Morgan fingerprint density at radius 2 is 1.94 bits per heavy atom. The average Bonchev–Trinajstić information content (AvgIpc) is 2.65. The first-order valence-corrected chi connectivity index (χ1v) is 7.17. The third kappa shape index (κ3) is 4.45. The lowest BCUT2D eigenvalue weighted by Gasteiger charge is -2.25. The van der Waals surface area contributed by atoms with Crippen LogP contribution in [0.3, 0.4) is 0 Å². The third-order valence-electron chi connectivity index (χ3n) is 3.51. The summed E-state index contributed by atoms with van der Waals surface area (Å²) in [5, 5.41) is 4.72. The van der Waals surface area contributed by atoms with Gasteiger partial charge in [-0.1, -0.05) is 27.7 Å². The van der Waals surface area contributed by atoms with Gasteiger partial charge in [0.15, 0.2) is 0 Å². The molecule has 3 heteroatoms. The van der Waals surface area contributed by atoms with Gasteiger partial charge in [0.25, 0.3) is 0 Å². The lowest BCUT2D eigenvalue weighted by molar-refractivity contribution is 0.304. The van der Waals surface area contributed by atoms with Gasteiger partial charge in [-0.05, 0) is 44.1 Å². The molecule has 0 aromatic carbocycles. The van der Waals surface area contributed by atoms with Gasteiger partial charge in [-0.25, -0.2) is 0 Å². The normalized spacial score (nSPS) is 14.2. The van der Waals surface area contributed by atoms with Gasteiger partial charge < -0.3 is 5.73 Å². The first kappa shape index (κ1) is 15.2. The Morgan fingerprint density at radius 3 is 2.44 bits per heavy atom. The van der Waals surface area contributed by atoms with Crippen LogP contribution in [-0.4, -0.2) is 15.8 Å². The largest absolute Gasteiger partial charge is 0.328 e. The highest BCUT2D eigenvalue weighted by Crippen LogP contribution is 2.27. The Morgan fingerprint density at radius 1 is 1.33 bits per heavy atom. The maximum atomic E-state index is 5.90. The van der Waals surface area contributed by atoms with Gasteiger partial charge >= 0.3 is 0 Å². The summed E-state index contributed by atoms with van der Waals surface area (Å²) in [6.07, 6.45) is 6.43. The van der Waals surface area contributed by atoms with Crippen LogP contribution in [0.5, 0.6) is 0 Å². The van der Waals surface area contributed by atoms with Crippen LogP contribution in [0.4, 0.5) is 0 Å². The fourth-order valence-electron chi connectivity index (χ4n) is 2.77. The first-order chi connectivity index (χ1) is 8.38. The molecule has 0 amide bonds. The molecule has 0 fully saturated rings. The molecule has 1 rings (SSSR count). The minimum Gasteiger partial charge on any atom is -0.328 e. The zero-order chi connectivity index (χ0) is 13.8. The van der Waals surface area contributed by atoms with Crippen LogP contribution >= 0.6 is 0 Å². The van der Waals surface area contributed by atoms with Crippen molar-refractivity contribution in [1.82, 2.24) is 9.78 Å². The number of rotatable bonds is 7. The molecular weight excluding hydrogens is 222 g/mol. The molecule has 1 aromatic heterocycles. The van der Waals surface area contributed by atoms with Gasteiger partial charge in [-0.2, -0.15) is 5.10 Å². The molecule has 3 nitrogen and oxygen atoms in total. The second-order valence-corrected chi connectivity index (χ2v) is 6.28. The fraction of sp³-hybridized carbons (Fsp3) is 0.800. The quantitative estimate of drug-likeness (QED) is 0.805. The molecule has 0 aliphatic carbocycles. The lowest BCUT2D eigenvalue weighted by atomic mass is 9.82. The molecule has 0 aliphatic rings. The van der Waals surface area contributed by atoms with E-state index in [2.05, 4.69) is 51.6 Å². The standard InChI is InChI=1S/C15H29N3/c1-6-14(7-2)18-9-8-13(17-18)11-15(4,5)10-12(3)16/h8-9,12,14H,6-7,10-11,16H2,1-5H3. The molecule has 0 bridgehead atoms. The molecule has 104 valence electrons. The smallest absolute Gasteiger partial charge is 0.0630 e. The van der Waals surface area contributed by atoms with Gasteiger partial charge in [0.05, 0.1) is 11.7 Å². The molecular formula is C15H29N3. The maximum Gasteiger partial charge on any atom is 0.0630 e. The second-order valence-electron chi connectivity index (χ2n) is 6.28. The van der Waals surface area contributed by atoms with Gasteiger partial charge in [0, 0.05) is 12.2 Å². The molecule has 18 heavy (non-hydrogen) atoms. The molecule has 2 N–H and O–H groups in total. The zero-order valence-electron chi connectivity index (χ0n) is 12.6. The minimum atomic E-state index is 0.223.